The zero-order valence-corrected chi connectivity index (χ0v) is 21.5. The molecule has 5 rings (SSSR count). The highest BCUT2D eigenvalue weighted by molar-refractivity contribution is 7.17. The van der Waals surface area contributed by atoms with Crippen molar-refractivity contribution in [3.63, 3.8) is 0 Å². The summed E-state index contributed by atoms with van der Waals surface area (Å²) in [6.45, 7) is 7.78. The number of fused-ring (bicyclic) bond motifs is 3. The molecule has 4 aromatic heterocycles. The second-order valence-corrected chi connectivity index (χ2v) is 10.0. The van der Waals surface area contributed by atoms with Crippen LogP contribution in [0, 0.1) is 12.3 Å². The number of hydrogen-bond donors (Lipinski definition) is 2. The predicted octanol–water partition coefficient (Wildman–Crippen LogP) is 3.99. The quantitative estimate of drug-likeness (QED) is 0.228. The van der Waals surface area contributed by atoms with E-state index in [-0.39, 0.29) is 35.1 Å². The standard InChI is InChI=1S/C27H27N5O4S/c1-4-12-31-21(28)17(14-18-23(31)29-22-15(3)9-8-13-32(22)26(18)34)24(33)30-25-20(27(35)36-5-2)16-10-6-7-11-19(16)37-25/h4,8-9,13-14,28H,1,5-7,10-12H2,2-3H3,(H,30,33). The van der Waals surface area contributed by atoms with E-state index in [2.05, 4.69) is 16.9 Å². The van der Waals surface area contributed by atoms with Gasteiger partial charge in [0.15, 0.2) is 0 Å². The smallest absolute Gasteiger partial charge is 0.341 e. The molecule has 0 aliphatic heterocycles. The Morgan fingerprint density at radius 3 is 2.84 bits per heavy atom. The number of aryl methyl sites for hydroxylation is 2. The van der Waals surface area contributed by atoms with E-state index in [9.17, 15) is 14.4 Å². The number of carbonyl (C=O) groups is 2. The fourth-order valence-corrected chi connectivity index (χ4v) is 6.09. The Balaban J connectivity index is 1.67. The molecule has 9 nitrogen and oxygen atoms in total. The number of thiophene rings is 1. The molecule has 0 fully saturated rings. The van der Waals surface area contributed by atoms with Gasteiger partial charge in [0.05, 0.1) is 23.1 Å². The summed E-state index contributed by atoms with van der Waals surface area (Å²) >= 11 is 1.37. The molecular weight excluding hydrogens is 490 g/mol. The summed E-state index contributed by atoms with van der Waals surface area (Å²) in [5, 5.41) is 12.3. The number of nitrogens with one attached hydrogen (secondary N) is 2. The van der Waals surface area contributed by atoms with Gasteiger partial charge in [-0.25, -0.2) is 9.78 Å². The van der Waals surface area contributed by atoms with E-state index in [1.807, 2.05) is 13.0 Å². The van der Waals surface area contributed by atoms with E-state index in [4.69, 9.17) is 10.1 Å². The molecule has 37 heavy (non-hydrogen) atoms. The van der Waals surface area contributed by atoms with Gasteiger partial charge in [-0.15, -0.1) is 17.9 Å². The number of esters is 1. The van der Waals surface area contributed by atoms with Gasteiger partial charge in [-0.3, -0.25) is 19.4 Å². The van der Waals surface area contributed by atoms with Crippen LogP contribution in [-0.4, -0.2) is 32.4 Å². The summed E-state index contributed by atoms with van der Waals surface area (Å²) in [5.74, 6) is -1.05. The number of ether oxygens (including phenoxy) is 1. The van der Waals surface area contributed by atoms with Gasteiger partial charge in [0.2, 0.25) is 0 Å². The maximum Gasteiger partial charge on any atom is 0.341 e. The fraction of sp³-hybridized carbons (Fsp3) is 0.296. The highest BCUT2D eigenvalue weighted by Crippen LogP contribution is 2.38. The summed E-state index contributed by atoms with van der Waals surface area (Å²) in [7, 11) is 0. The lowest BCUT2D eigenvalue weighted by Crippen LogP contribution is -2.32. The molecule has 4 heterocycles. The van der Waals surface area contributed by atoms with E-state index < -0.39 is 11.9 Å². The molecule has 190 valence electrons. The number of rotatable bonds is 6. The van der Waals surface area contributed by atoms with Gasteiger partial charge in [-0.1, -0.05) is 12.1 Å². The van der Waals surface area contributed by atoms with Crippen molar-refractivity contribution in [2.24, 2.45) is 0 Å². The van der Waals surface area contributed by atoms with Crippen molar-refractivity contribution in [2.45, 2.75) is 46.1 Å². The van der Waals surface area contributed by atoms with Gasteiger partial charge in [-0.05, 0) is 62.8 Å². The number of allylic oxidation sites excluding steroid dienone is 1. The first-order valence-electron chi connectivity index (χ1n) is 12.2. The minimum Gasteiger partial charge on any atom is -0.462 e. The van der Waals surface area contributed by atoms with Crippen molar-refractivity contribution in [3.8, 4) is 0 Å². The highest BCUT2D eigenvalue weighted by atomic mass is 32.1. The molecule has 0 spiro atoms. The summed E-state index contributed by atoms with van der Waals surface area (Å²) in [4.78, 5) is 45.5. The van der Waals surface area contributed by atoms with Crippen molar-refractivity contribution in [1.82, 2.24) is 14.0 Å². The summed E-state index contributed by atoms with van der Waals surface area (Å²) < 4.78 is 8.23. The Bertz CT molecular complexity index is 1710. The van der Waals surface area contributed by atoms with Crippen LogP contribution in [0.4, 0.5) is 5.00 Å². The zero-order chi connectivity index (χ0) is 26.3. The highest BCUT2D eigenvalue weighted by Gasteiger charge is 2.28. The summed E-state index contributed by atoms with van der Waals surface area (Å²) in [5.41, 5.74) is 2.49. The van der Waals surface area contributed by atoms with E-state index in [0.717, 1.165) is 41.7 Å². The van der Waals surface area contributed by atoms with Crippen LogP contribution in [0.5, 0.6) is 0 Å². The van der Waals surface area contributed by atoms with Crippen LogP contribution in [0.15, 0.2) is 41.8 Å². The van der Waals surface area contributed by atoms with Gasteiger partial charge in [0.25, 0.3) is 11.5 Å². The van der Waals surface area contributed by atoms with Gasteiger partial charge in [0.1, 0.15) is 21.8 Å². The second kappa shape index (κ2) is 9.78. The van der Waals surface area contributed by atoms with E-state index >= 15 is 0 Å². The molecule has 0 saturated carbocycles. The average Bonchev–Trinajstić information content (AvgIpc) is 3.24. The molecular formula is C27H27N5O4S. The first-order chi connectivity index (χ1) is 17.8. The number of carbonyl (C=O) groups excluding carboxylic acids is 2. The Hall–Kier alpha value is -4.05. The Morgan fingerprint density at radius 1 is 1.30 bits per heavy atom. The molecule has 1 amide bonds. The van der Waals surface area contributed by atoms with Gasteiger partial charge >= 0.3 is 5.97 Å². The van der Waals surface area contributed by atoms with Crippen molar-refractivity contribution in [3.05, 3.63) is 80.0 Å². The first kappa shape index (κ1) is 24.6. The van der Waals surface area contributed by atoms with Crippen LogP contribution in [0.1, 0.15) is 56.5 Å². The molecule has 1 aliphatic carbocycles. The minimum absolute atomic E-state index is 0.00188. The van der Waals surface area contributed by atoms with E-state index in [0.29, 0.717) is 21.9 Å². The third kappa shape index (κ3) is 4.17. The number of anilines is 1. The number of amides is 1. The lowest BCUT2D eigenvalue weighted by Gasteiger charge is -2.14. The van der Waals surface area contributed by atoms with Gasteiger partial charge in [0, 0.05) is 17.6 Å². The molecule has 2 N–H and O–H groups in total. The van der Waals surface area contributed by atoms with Crippen molar-refractivity contribution < 1.29 is 14.3 Å². The van der Waals surface area contributed by atoms with Crippen molar-refractivity contribution in [1.29, 1.82) is 5.41 Å². The second-order valence-electron chi connectivity index (χ2n) is 8.93. The molecule has 4 aromatic rings. The van der Waals surface area contributed by atoms with Crippen molar-refractivity contribution >= 4 is 44.9 Å². The topological polar surface area (TPSA) is 119 Å². The first-order valence-corrected chi connectivity index (χ1v) is 13.0. The average molecular weight is 518 g/mol. The van der Waals surface area contributed by atoms with E-state index in [1.54, 1.807) is 25.3 Å². The van der Waals surface area contributed by atoms with Gasteiger partial charge in [-0.2, -0.15) is 0 Å². The monoisotopic (exact) mass is 517 g/mol. The number of nitrogens with zero attached hydrogens (tertiary/aromatic N) is 3. The molecule has 10 heteroatoms. The molecule has 0 atom stereocenters. The third-order valence-corrected chi connectivity index (χ3v) is 7.78. The summed E-state index contributed by atoms with van der Waals surface area (Å²) in [6.07, 6.45) is 6.81. The molecule has 0 unspecified atom stereocenters. The Labute approximate surface area is 216 Å². The number of hydrogen-bond acceptors (Lipinski definition) is 7. The fourth-order valence-electron chi connectivity index (χ4n) is 4.82. The maximum atomic E-state index is 13.6. The molecule has 0 aromatic carbocycles. The van der Waals surface area contributed by atoms with E-state index in [1.165, 1.54) is 26.4 Å². The molecule has 1 aliphatic rings. The largest absolute Gasteiger partial charge is 0.462 e. The van der Waals surface area contributed by atoms with Crippen molar-refractivity contribution in [2.75, 3.05) is 11.9 Å². The zero-order valence-electron chi connectivity index (χ0n) is 20.7. The van der Waals surface area contributed by atoms with Crippen LogP contribution in [0.2, 0.25) is 0 Å². The van der Waals surface area contributed by atoms with Gasteiger partial charge < -0.3 is 14.6 Å². The van der Waals surface area contributed by atoms with Crippen LogP contribution < -0.4 is 16.4 Å². The Morgan fingerprint density at radius 2 is 2.08 bits per heavy atom. The molecule has 0 bridgehead atoms. The third-order valence-electron chi connectivity index (χ3n) is 6.57. The predicted molar refractivity (Wildman–Crippen MR) is 143 cm³/mol. The van der Waals surface area contributed by atoms with Crippen LogP contribution >= 0.6 is 11.3 Å². The van der Waals surface area contributed by atoms with Crippen LogP contribution in [-0.2, 0) is 24.1 Å². The Kier molecular flexibility index (Phi) is 6.51. The lowest BCUT2D eigenvalue weighted by molar-refractivity contribution is 0.0526. The molecule has 0 saturated heterocycles. The van der Waals surface area contributed by atoms with Crippen LogP contribution in [0.3, 0.4) is 0 Å². The maximum absolute atomic E-state index is 13.6. The lowest BCUT2D eigenvalue weighted by atomic mass is 9.95. The minimum atomic E-state index is -0.581. The molecule has 0 radical (unpaired) electrons. The van der Waals surface area contributed by atoms with Crippen LogP contribution in [0.25, 0.3) is 16.7 Å². The summed E-state index contributed by atoms with van der Waals surface area (Å²) in [6, 6.07) is 5.03. The SMILES string of the molecule is C=CCn1c(=N)c(C(=O)Nc2sc3c(c2C(=O)OCC)CCCC3)cc2c(=O)n3cccc(C)c3nc21. The number of pyridine rings is 2. The number of aromatic nitrogens is 3. The normalized spacial score (nSPS) is 12.9.